The van der Waals surface area contributed by atoms with Crippen molar-refractivity contribution in [2.24, 2.45) is 11.3 Å². The van der Waals surface area contributed by atoms with Crippen LogP contribution in [-0.4, -0.2) is 22.8 Å². The maximum Gasteiger partial charge on any atom is 0.312 e. The van der Waals surface area contributed by atoms with Gasteiger partial charge in [-0.3, -0.25) is 4.79 Å². The Morgan fingerprint density at radius 3 is 2.38 bits per heavy atom. The summed E-state index contributed by atoms with van der Waals surface area (Å²) in [4.78, 5) is 12.0. The van der Waals surface area contributed by atoms with E-state index in [-0.39, 0.29) is 23.1 Å². The number of aliphatic hydroxyl groups is 1. The van der Waals surface area contributed by atoms with E-state index in [0.29, 0.717) is 5.92 Å². The fourth-order valence-corrected chi connectivity index (χ4v) is 2.94. The Morgan fingerprint density at radius 1 is 1.38 bits per heavy atom. The third kappa shape index (κ3) is 1.75. The van der Waals surface area contributed by atoms with Crippen molar-refractivity contribution in [1.29, 1.82) is 0 Å². The largest absolute Gasteiger partial charge is 0.459 e. The van der Waals surface area contributed by atoms with Crippen LogP contribution in [0.1, 0.15) is 52.9 Å². The lowest BCUT2D eigenvalue weighted by Gasteiger charge is -2.35. The van der Waals surface area contributed by atoms with Gasteiger partial charge in [-0.05, 0) is 38.5 Å². The molecule has 3 nitrogen and oxygen atoms in total. The van der Waals surface area contributed by atoms with Crippen LogP contribution in [0.25, 0.3) is 0 Å². The number of carbonyl (C=O) groups excluding carboxylic acids is 1. The van der Waals surface area contributed by atoms with E-state index in [1.165, 1.54) is 0 Å². The molecule has 0 bridgehead atoms. The lowest BCUT2D eigenvalue weighted by Crippen LogP contribution is -2.36. The molecule has 2 fully saturated rings. The maximum absolute atomic E-state index is 12.0. The average Bonchev–Trinajstić information content (AvgIpc) is 2.46. The Kier molecular flexibility index (Phi) is 2.77. The summed E-state index contributed by atoms with van der Waals surface area (Å²) < 4.78 is 5.67. The normalized spacial score (nSPS) is 44.1. The topological polar surface area (TPSA) is 46.5 Å². The van der Waals surface area contributed by atoms with Gasteiger partial charge >= 0.3 is 5.97 Å². The van der Waals surface area contributed by atoms with Gasteiger partial charge in [-0.25, -0.2) is 0 Å². The Labute approximate surface area is 97.2 Å². The summed E-state index contributed by atoms with van der Waals surface area (Å²) in [5.74, 6) is 0.269. The molecule has 92 valence electrons. The van der Waals surface area contributed by atoms with Crippen LogP contribution in [-0.2, 0) is 9.53 Å². The maximum atomic E-state index is 12.0. The molecule has 0 amide bonds. The van der Waals surface area contributed by atoms with Crippen LogP contribution in [0.5, 0.6) is 0 Å². The predicted octanol–water partition coefficient (Wildman–Crippen LogP) is 2.27. The minimum Gasteiger partial charge on any atom is -0.459 e. The lowest BCUT2D eigenvalue weighted by molar-refractivity contribution is -0.158. The van der Waals surface area contributed by atoms with Crippen molar-refractivity contribution >= 4 is 5.97 Å². The monoisotopic (exact) mass is 226 g/mol. The molecular weight excluding hydrogens is 204 g/mol. The summed E-state index contributed by atoms with van der Waals surface area (Å²) in [7, 11) is 0. The van der Waals surface area contributed by atoms with Crippen molar-refractivity contribution in [3.05, 3.63) is 0 Å². The van der Waals surface area contributed by atoms with Gasteiger partial charge in [0.05, 0.1) is 11.5 Å². The predicted molar refractivity (Wildman–Crippen MR) is 60.9 cm³/mol. The number of aliphatic hydroxyl groups excluding tert-OH is 1. The summed E-state index contributed by atoms with van der Waals surface area (Å²) in [5, 5.41) is 9.52. The zero-order valence-corrected chi connectivity index (χ0v) is 10.5. The first kappa shape index (κ1) is 11.9. The van der Waals surface area contributed by atoms with Crippen LogP contribution in [0.3, 0.4) is 0 Å². The van der Waals surface area contributed by atoms with E-state index in [4.69, 9.17) is 4.74 Å². The third-order valence-electron chi connectivity index (χ3n) is 4.61. The second-order valence-corrected chi connectivity index (χ2v) is 6.05. The molecule has 2 aliphatic rings. The average molecular weight is 226 g/mol. The van der Waals surface area contributed by atoms with Gasteiger partial charge in [-0.2, -0.15) is 0 Å². The molecule has 1 saturated heterocycles. The SMILES string of the molecule is CC(C)C1(C)CC2(CCC(O)CC2)OC1=O. The zero-order chi connectivity index (χ0) is 12.0. The van der Waals surface area contributed by atoms with Crippen molar-refractivity contribution in [2.75, 3.05) is 0 Å². The summed E-state index contributed by atoms with van der Waals surface area (Å²) >= 11 is 0. The van der Waals surface area contributed by atoms with Gasteiger partial charge < -0.3 is 9.84 Å². The second-order valence-electron chi connectivity index (χ2n) is 6.05. The van der Waals surface area contributed by atoms with Crippen LogP contribution in [0.4, 0.5) is 0 Å². The summed E-state index contributed by atoms with van der Waals surface area (Å²) in [6.07, 6.45) is 3.80. The molecule has 16 heavy (non-hydrogen) atoms. The standard InChI is InChI=1S/C13H22O3/c1-9(2)12(3)8-13(16-11(12)15)6-4-10(14)5-7-13/h9-10,14H,4-8H2,1-3H3. The van der Waals surface area contributed by atoms with Gasteiger partial charge in [0.1, 0.15) is 5.60 Å². The van der Waals surface area contributed by atoms with E-state index in [2.05, 4.69) is 13.8 Å². The van der Waals surface area contributed by atoms with Gasteiger partial charge in [0.15, 0.2) is 0 Å². The quantitative estimate of drug-likeness (QED) is 0.698. The van der Waals surface area contributed by atoms with Crippen molar-refractivity contribution in [2.45, 2.75) is 64.6 Å². The molecule has 1 aliphatic carbocycles. The molecular formula is C13H22O3. The van der Waals surface area contributed by atoms with Crippen molar-refractivity contribution < 1.29 is 14.6 Å². The van der Waals surface area contributed by atoms with Crippen LogP contribution in [0.15, 0.2) is 0 Å². The third-order valence-corrected chi connectivity index (χ3v) is 4.61. The molecule has 1 N–H and O–H groups in total. The minimum absolute atomic E-state index is 0.0427. The van der Waals surface area contributed by atoms with E-state index in [0.717, 1.165) is 32.1 Å². The highest BCUT2D eigenvalue weighted by Gasteiger charge is 2.55. The molecule has 1 atom stereocenters. The first-order chi connectivity index (χ1) is 7.38. The molecule has 0 aromatic carbocycles. The lowest BCUT2D eigenvalue weighted by atomic mass is 9.70. The van der Waals surface area contributed by atoms with Gasteiger partial charge in [0, 0.05) is 6.42 Å². The first-order valence-corrected chi connectivity index (χ1v) is 6.29. The molecule has 0 radical (unpaired) electrons. The van der Waals surface area contributed by atoms with Crippen molar-refractivity contribution in [3.63, 3.8) is 0 Å². The van der Waals surface area contributed by atoms with E-state index in [1.54, 1.807) is 0 Å². The Bertz CT molecular complexity index is 290. The summed E-state index contributed by atoms with van der Waals surface area (Å²) in [6, 6.07) is 0. The number of hydrogen-bond donors (Lipinski definition) is 1. The van der Waals surface area contributed by atoms with Crippen LogP contribution >= 0.6 is 0 Å². The molecule has 1 unspecified atom stereocenters. The Morgan fingerprint density at radius 2 is 1.94 bits per heavy atom. The van der Waals surface area contributed by atoms with Crippen LogP contribution in [0, 0.1) is 11.3 Å². The number of esters is 1. The number of ether oxygens (including phenoxy) is 1. The molecule has 2 rings (SSSR count). The van der Waals surface area contributed by atoms with Gasteiger partial charge in [-0.15, -0.1) is 0 Å². The second kappa shape index (κ2) is 3.73. The van der Waals surface area contributed by atoms with Crippen LogP contribution < -0.4 is 0 Å². The molecule has 1 spiro atoms. The van der Waals surface area contributed by atoms with E-state index >= 15 is 0 Å². The van der Waals surface area contributed by atoms with E-state index < -0.39 is 0 Å². The molecule has 0 aromatic heterocycles. The molecule has 1 aliphatic heterocycles. The number of rotatable bonds is 1. The fourth-order valence-electron chi connectivity index (χ4n) is 2.94. The molecule has 1 heterocycles. The Hall–Kier alpha value is -0.570. The van der Waals surface area contributed by atoms with E-state index in [9.17, 15) is 9.90 Å². The fraction of sp³-hybridized carbons (Fsp3) is 0.923. The molecule has 1 saturated carbocycles. The highest BCUT2D eigenvalue weighted by Crippen LogP contribution is 2.50. The van der Waals surface area contributed by atoms with Crippen LogP contribution in [0.2, 0.25) is 0 Å². The number of hydrogen-bond acceptors (Lipinski definition) is 3. The van der Waals surface area contributed by atoms with E-state index in [1.807, 2.05) is 6.92 Å². The Balaban J connectivity index is 2.14. The highest BCUT2D eigenvalue weighted by molar-refractivity contribution is 5.79. The number of carbonyl (C=O) groups is 1. The minimum atomic E-state index is -0.331. The molecule has 3 heteroatoms. The van der Waals surface area contributed by atoms with Gasteiger partial charge in [0.2, 0.25) is 0 Å². The summed E-state index contributed by atoms with van der Waals surface area (Å²) in [5.41, 5.74) is -0.600. The van der Waals surface area contributed by atoms with Gasteiger partial charge in [0.25, 0.3) is 0 Å². The zero-order valence-electron chi connectivity index (χ0n) is 10.5. The van der Waals surface area contributed by atoms with Gasteiger partial charge in [-0.1, -0.05) is 13.8 Å². The highest BCUT2D eigenvalue weighted by atomic mass is 16.6. The first-order valence-electron chi connectivity index (χ1n) is 6.29. The van der Waals surface area contributed by atoms with Crippen molar-refractivity contribution in [1.82, 2.24) is 0 Å². The molecule has 0 aromatic rings. The smallest absolute Gasteiger partial charge is 0.312 e. The summed E-state index contributed by atoms with van der Waals surface area (Å²) in [6.45, 7) is 6.18. The van der Waals surface area contributed by atoms with Crippen molar-refractivity contribution in [3.8, 4) is 0 Å².